The Balaban J connectivity index is 2.00. The van der Waals surface area contributed by atoms with E-state index < -0.39 is 0 Å². The molecule has 0 saturated heterocycles. The number of imidazole rings is 1. The van der Waals surface area contributed by atoms with E-state index in [4.69, 9.17) is 11.6 Å². The molecule has 1 N–H and O–H groups in total. The Kier molecular flexibility index (Phi) is 3.70. The van der Waals surface area contributed by atoms with Crippen molar-refractivity contribution < 1.29 is 0 Å². The molecule has 0 atom stereocenters. The van der Waals surface area contributed by atoms with Crippen LogP contribution in [-0.4, -0.2) is 15.0 Å². The molecule has 0 spiro atoms. The van der Waals surface area contributed by atoms with Gasteiger partial charge in [0.25, 0.3) is 0 Å². The van der Waals surface area contributed by atoms with E-state index in [1.807, 2.05) is 36.5 Å². The molecule has 0 radical (unpaired) electrons. The molecule has 2 heterocycles. The largest absolute Gasteiger partial charge is 0.341 e. The van der Waals surface area contributed by atoms with Gasteiger partial charge in [0.05, 0.1) is 22.9 Å². The van der Waals surface area contributed by atoms with Gasteiger partial charge in [0, 0.05) is 17.0 Å². The molecule has 0 bridgehead atoms. The Morgan fingerprint density at radius 1 is 1.25 bits per heavy atom. The highest BCUT2D eigenvalue weighted by atomic mass is 35.5. The summed E-state index contributed by atoms with van der Waals surface area (Å²) in [6.07, 6.45) is 5.12. The van der Waals surface area contributed by atoms with Gasteiger partial charge in [-0.25, -0.2) is 4.98 Å². The molecule has 0 aliphatic heterocycles. The summed E-state index contributed by atoms with van der Waals surface area (Å²) < 4.78 is 0. The standard InChI is InChI=1S/C16H16ClN3/c1-2-3-8-16-19-14-9-13(18-10-15(14)20-16)11-6-4-5-7-12(11)17/h4-7,9-10H,2-3,8H2,1H3,(H,19,20). The fourth-order valence-corrected chi connectivity index (χ4v) is 2.47. The highest BCUT2D eigenvalue weighted by Gasteiger charge is 2.08. The molecular weight excluding hydrogens is 270 g/mol. The van der Waals surface area contributed by atoms with Crippen molar-refractivity contribution in [3.63, 3.8) is 0 Å². The summed E-state index contributed by atoms with van der Waals surface area (Å²) in [6, 6.07) is 9.72. The molecule has 3 aromatic rings. The van der Waals surface area contributed by atoms with E-state index in [2.05, 4.69) is 21.9 Å². The maximum atomic E-state index is 6.22. The van der Waals surface area contributed by atoms with Crippen molar-refractivity contribution in [2.75, 3.05) is 0 Å². The Morgan fingerprint density at radius 3 is 2.90 bits per heavy atom. The molecule has 1 aromatic carbocycles. The molecular formula is C16H16ClN3. The summed E-state index contributed by atoms with van der Waals surface area (Å²) in [6.45, 7) is 2.18. The molecule has 20 heavy (non-hydrogen) atoms. The van der Waals surface area contributed by atoms with Crippen LogP contribution in [-0.2, 0) is 6.42 Å². The van der Waals surface area contributed by atoms with E-state index in [-0.39, 0.29) is 0 Å². The minimum atomic E-state index is 0.709. The predicted molar refractivity (Wildman–Crippen MR) is 82.9 cm³/mol. The fourth-order valence-electron chi connectivity index (χ4n) is 2.24. The van der Waals surface area contributed by atoms with Crippen LogP contribution in [0.15, 0.2) is 36.5 Å². The molecule has 2 aromatic heterocycles. The number of unbranched alkanes of at least 4 members (excludes halogenated alkanes) is 1. The topological polar surface area (TPSA) is 41.6 Å². The van der Waals surface area contributed by atoms with E-state index >= 15 is 0 Å². The van der Waals surface area contributed by atoms with Gasteiger partial charge in [0.1, 0.15) is 5.82 Å². The zero-order valence-electron chi connectivity index (χ0n) is 11.4. The van der Waals surface area contributed by atoms with Gasteiger partial charge in [-0.3, -0.25) is 4.98 Å². The smallest absolute Gasteiger partial charge is 0.107 e. The first-order valence-electron chi connectivity index (χ1n) is 6.87. The van der Waals surface area contributed by atoms with Crippen molar-refractivity contribution in [3.05, 3.63) is 47.4 Å². The lowest BCUT2D eigenvalue weighted by molar-refractivity contribution is 0.765. The predicted octanol–water partition coefficient (Wildman–Crippen LogP) is 4.62. The lowest BCUT2D eigenvalue weighted by Crippen LogP contribution is -1.86. The number of H-pyrrole nitrogens is 1. The zero-order valence-corrected chi connectivity index (χ0v) is 12.1. The fraction of sp³-hybridized carbons (Fsp3) is 0.250. The highest BCUT2D eigenvalue weighted by molar-refractivity contribution is 6.33. The first kappa shape index (κ1) is 13.1. The third-order valence-electron chi connectivity index (χ3n) is 3.33. The van der Waals surface area contributed by atoms with Crippen LogP contribution in [0.3, 0.4) is 0 Å². The van der Waals surface area contributed by atoms with E-state index in [1.165, 1.54) is 6.42 Å². The molecule has 0 unspecified atom stereocenters. The normalized spacial score (nSPS) is 11.1. The summed E-state index contributed by atoms with van der Waals surface area (Å²) >= 11 is 6.22. The Hall–Kier alpha value is -1.87. The molecule has 0 aliphatic carbocycles. The van der Waals surface area contributed by atoms with Gasteiger partial charge in [-0.05, 0) is 18.6 Å². The number of aryl methyl sites for hydroxylation is 1. The second kappa shape index (κ2) is 5.63. The number of hydrogen-bond acceptors (Lipinski definition) is 2. The number of rotatable bonds is 4. The molecule has 3 nitrogen and oxygen atoms in total. The monoisotopic (exact) mass is 285 g/mol. The molecule has 3 rings (SSSR count). The number of aromatic amines is 1. The second-order valence-corrected chi connectivity index (χ2v) is 5.26. The number of benzene rings is 1. The van der Waals surface area contributed by atoms with Gasteiger partial charge in [-0.15, -0.1) is 0 Å². The molecule has 0 fully saturated rings. The van der Waals surface area contributed by atoms with Gasteiger partial charge in [0.2, 0.25) is 0 Å². The number of aromatic nitrogens is 3. The van der Waals surface area contributed by atoms with E-state index in [0.717, 1.165) is 41.0 Å². The lowest BCUT2D eigenvalue weighted by Gasteiger charge is -2.02. The lowest BCUT2D eigenvalue weighted by atomic mass is 10.1. The molecule has 102 valence electrons. The molecule has 0 saturated carbocycles. The van der Waals surface area contributed by atoms with Gasteiger partial charge >= 0.3 is 0 Å². The third-order valence-corrected chi connectivity index (χ3v) is 3.66. The summed E-state index contributed by atoms with van der Waals surface area (Å²) in [5.74, 6) is 1.03. The first-order chi connectivity index (χ1) is 9.78. The van der Waals surface area contributed by atoms with Crippen LogP contribution in [0.4, 0.5) is 0 Å². The quantitative estimate of drug-likeness (QED) is 0.760. The number of hydrogen-bond donors (Lipinski definition) is 1. The number of fused-ring (bicyclic) bond motifs is 1. The van der Waals surface area contributed by atoms with Crippen LogP contribution >= 0.6 is 11.6 Å². The van der Waals surface area contributed by atoms with Crippen molar-refractivity contribution in [1.29, 1.82) is 0 Å². The Morgan fingerprint density at radius 2 is 2.10 bits per heavy atom. The van der Waals surface area contributed by atoms with Crippen LogP contribution in [0.1, 0.15) is 25.6 Å². The van der Waals surface area contributed by atoms with Crippen LogP contribution < -0.4 is 0 Å². The van der Waals surface area contributed by atoms with E-state index in [1.54, 1.807) is 0 Å². The van der Waals surface area contributed by atoms with Crippen molar-refractivity contribution in [2.24, 2.45) is 0 Å². The molecule has 0 aliphatic rings. The number of pyridine rings is 1. The van der Waals surface area contributed by atoms with Gasteiger partial charge in [0.15, 0.2) is 0 Å². The highest BCUT2D eigenvalue weighted by Crippen LogP contribution is 2.27. The van der Waals surface area contributed by atoms with Crippen LogP contribution in [0.5, 0.6) is 0 Å². The maximum Gasteiger partial charge on any atom is 0.107 e. The average Bonchev–Trinajstić information content (AvgIpc) is 2.87. The van der Waals surface area contributed by atoms with Gasteiger partial charge < -0.3 is 4.98 Å². The minimum Gasteiger partial charge on any atom is -0.341 e. The minimum absolute atomic E-state index is 0.709. The molecule has 4 heteroatoms. The third kappa shape index (κ3) is 2.54. The summed E-state index contributed by atoms with van der Waals surface area (Å²) in [5, 5.41) is 0.709. The Labute approximate surface area is 123 Å². The number of halogens is 1. The number of nitrogens with one attached hydrogen (secondary N) is 1. The van der Waals surface area contributed by atoms with Crippen molar-refractivity contribution in [2.45, 2.75) is 26.2 Å². The zero-order chi connectivity index (χ0) is 13.9. The van der Waals surface area contributed by atoms with Crippen LogP contribution in [0.2, 0.25) is 5.02 Å². The van der Waals surface area contributed by atoms with Crippen molar-refractivity contribution in [1.82, 2.24) is 15.0 Å². The van der Waals surface area contributed by atoms with Gasteiger partial charge in [-0.1, -0.05) is 43.1 Å². The summed E-state index contributed by atoms with van der Waals surface area (Å²) in [5.41, 5.74) is 3.72. The SMILES string of the molecule is CCCCc1nc2cc(-c3ccccc3Cl)ncc2[nH]1. The second-order valence-electron chi connectivity index (χ2n) is 4.85. The summed E-state index contributed by atoms with van der Waals surface area (Å²) in [4.78, 5) is 12.4. The number of nitrogens with zero attached hydrogens (tertiary/aromatic N) is 2. The van der Waals surface area contributed by atoms with Crippen molar-refractivity contribution in [3.8, 4) is 11.3 Å². The van der Waals surface area contributed by atoms with E-state index in [9.17, 15) is 0 Å². The van der Waals surface area contributed by atoms with Crippen LogP contribution in [0, 0.1) is 0 Å². The summed E-state index contributed by atoms with van der Waals surface area (Å²) in [7, 11) is 0. The molecule has 0 amide bonds. The van der Waals surface area contributed by atoms with Crippen molar-refractivity contribution >= 4 is 22.6 Å². The van der Waals surface area contributed by atoms with Crippen LogP contribution in [0.25, 0.3) is 22.3 Å². The van der Waals surface area contributed by atoms with Gasteiger partial charge in [-0.2, -0.15) is 0 Å². The van der Waals surface area contributed by atoms with E-state index in [0.29, 0.717) is 5.02 Å². The Bertz CT molecular complexity index is 733. The average molecular weight is 286 g/mol. The maximum absolute atomic E-state index is 6.22. The first-order valence-corrected chi connectivity index (χ1v) is 7.25.